The van der Waals surface area contributed by atoms with Crippen molar-refractivity contribution in [3.05, 3.63) is 28.6 Å². The summed E-state index contributed by atoms with van der Waals surface area (Å²) >= 11 is 0. The van der Waals surface area contributed by atoms with Gasteiger partial charge in [0.2, 0.25) is 0 Å². The molecule has 5 N–H and O–H groups in total. The lowest BCUT2D eigenvalue weighted by Crippen LogP contribution is -2.16. The summed E-state index contributed by atoms with van der Waals surface area (Å²) in [6.07, 6.45) is 0. The second-order valence-electron chi connectivity index (χ2n) is 3.35. The summed E-state index contributed by atoms with van der Waals surface area (Å²) < 4.78 is 0. The summed E-state index contributed by atoms with van der Waals surface area (Å²) in [7, 11) is 0. The lowest BCUT2D eigenvalue weighted by molar-refractivity contribution is 0.0295. The fourth-order valence-electron chi connectivity index (χ4n) is 1.15. The van der Waals surface area contributed by atoms with Crippen molar-refractivity contribution >= 4 is 22.8 Å². The Hall–Kier alpha value is -1.95. The molecule has 0 amide bonds. The number of benzene rings is 1. The highest BCUT2D eigenvalue weighted by molar-refractivity contribution is 5.87. The van der Waals surface area contributed by atoms with E-state index < -0.39 is 18.4 Å². The summed E-state index contributed by atoms with van der Waals surface area (Å²) in [6, 6.07) is 3.24. The highest BCUT2D eigenvalue weighted by atomic mass is 16.8. The molecule has 0 unspecified atom stereocenters. The average Bonchev–Trinajstić information content (AvgIpc) is 2.39. The zero-order valence-corrected chi connectivity index (χ0v) is 9.59. The Bertz CT molecular complexity index is 444. The van der Waals surface area contributed by atoms with Crippen LogP contribution in [0.3, 0.4) is 0 Å². The van der Waals surface area contributed by atoms with Gasteiger partial charge in [0.1, 0.15) is 5.69 Å². The highest BCUT2D eigenvalue weighted by Crippen LogP contribution is 2.29. The number of nitrogens with one attached hydrogen (secondary N) is 1. The molecule has 0 spiro atoms. The van der Waals surface area contributed by atoms with Gasteiger partial charge < -0.3 is 25.9 Å². The summed E-state index contributed by atoms with van der Waals surface area (Å²) in [4.78, 5) is 0. The Morgan fingerprint density at radius 3 is 2.32 bits per heavy atom. The summed E-state index contributed by atoms with van der Waals surface area (Å²) in [5.41, 5.74) is 1.73. The van der Waals surface area contributed by atoms with Crippen molar-refractivity contribution in [1.82, 2.24) is 0 Å². The molecule has 0 aliphatic carbocycles. The van der Waals surface area contributed by atoms with Crippen LogP contribution < -0.4 is 15.9 Å². The van der Waals surface area contributed by atoms with Gasteiger partial charge in [0.25, 0.3) is 0 Å². The zero-order valence-electron chi connectivity index (χ0n) is 9.59. The molecule has 0 aliphatic rings. The van der Waals surface area contributed by atoms with Crippen LogP contribution in [-0.4, -0.2) is 39.6 Å². The zero-order chi connectivity index (χ0) is 14.4. The van der Waals surface area contributed by atoms with Crippen LogP contribution in [0, 0.1) is 10.4 Å². The maximum atomic E-state index is 10.6. The number of hydrazone groups is 1. The predicted molar refractivity (Wildman–Crippen MR) is 66.9 cm³/mol. The van der Waals surface area contributed by atoms with Crippen molar-refractivity contribution in [3.8, 4) is 0 Å². The Labute approximate surface area is 107 Å². The normalized spacial score (nSPS) is 10.0. The van der Waals surface area contributed by atoms with E-state index in [0.29, 0.717) is 0 Å². The minimum atomic E-state index is -0.701. The Morgan fingerprint density at radius 2 is 1.84 bits per heavy atom. The molecular formula is C9H12N4O6-2. The maximum Gasteiger partial charge on any atom is 0.121 e. The molecule has 0 saturated heterocycles. The van der Waals surface area contributed by atoms with Crippen LogP contribution in [0.2, 0.25) is 0 Å². The van der Waals surface area contributed by atoms with Crippen LogP contribution in [-0.2, 0) is 0 Å². The van der Waals surface area contributed by atoms with Gasteiger partial charge in [0, 0.05) is 5.69 Å². The molecular weight excluding hydrogens is 260 g/mol. The highest BCUT2D eigenvalue weighted by Gasteiger charge is 2.08. The summed E-state index contributed by atoms with van der Waals surface area (Å²) in [5.74, 6) is 0. The molecule has 0 radical (unpaired) electrons. The maximum absolute atomic E-state index is 10.6. The summed E-state index contributed by atoms with van der Waals surface area (Å²) in [5, 5.41) is 59.2. The van der Waals surface area contributed by atoms with Crippen molar-refractivity contribution in [2.75, 3.05) is 29.1 Å². The van der Waals surface area contributed by atoms with E-state index in [1.54, 1.807) is 0 Å². The first kappa shape index (κ1) is 15.1. The Morgan fingerprint density at radius 1 is 1.21 bits per heavy atom. The predicted octanol–water partition coefficient (Wildman–Crippen LogP) is -0.174. The minimum absolute atomic E-state index is 0.00623. The number of aliphatic hydroxyl groups excluding tert-OH is 2. The molecule has 0 heterocycles. The molecule has 19 heavy (non-hydrogen) atoms. The van der Waals surface area contributed by atoms with Crippen LogP contribution >= 0.6 is 0 Å². The largest absolute Gasteiger partial charge is 0.769 e. The molecule has 0 aliphatic heterocycles. The fraction of sp³-hybridized carbons (Fsp3) is 0.222. The molecule has 0 bridgehead atoms. The molecule has 1 aromatic carbocycles. The van der Waals surface area contributed by atoms with Crippen LogP contribution in [0.15, 0.2) is 23.3 Å². The van der Waals surface area contributed by atoms with Crippen molar-refractivity contribution in [1.29, 1.82) is 0 Å². The Balaban J connectivity index is 3.03. The number of nitrogens with zero attached hydrogens (tertiary/aromatic N) is 3. The molecule has 106 valence electrons. The smallest absolute Gasteiger partial charge is 0.121 e. The number of anilines is 3. The second-order valence-corrected chi connectivity index (χ2v) is 3.35. The number of aliphatic hydroxyl groups is 2. The lowest BCUT2D eigenvalue weighted by Gasteiger charge is -2.37. The van der Waals surface area contributed by atoms with Crippen LogP contribution in [0.4, 0.5) is 17.1 Å². The first-order valence-electron chi connectivity index (χ1n) is 4.99. The van der Waals surface area contributed by atoms with Crippen molar-refractivity contribution in [3.63, 3.8) is 0 Å². The van der Waals surface area contributed by atoms with Gasteiger partial charge in [0.15, 0.2) is 0 Å². The monoisotopic (exact) mass is 272 g/mol. The van der Waals surface area contributed by atoms with Gasteiger partial charge in [-0.05, 0) is 18.2 Å². The van der Waals surface area contributed by atoms with E-state index in [9.17, 15) is 10.4 Å². The van der Waals surface area contributed by atoms with Crippen molar-refractivity contribution in [2.24, 2.45) is 5.10 Å². The number of rotatable bonds is 6. The van der Waals surface area contributed by atoms with Crippen LogP contribution in [0.1, 0.15) is 0 Å². The van der Waals surface area contributed by atoms with E-state index in [-0.39, 0.29) is 28.0 Å². The molecule has 0 saturated carbocycles. The van der Waals surface area contributed by atoms with Crippen molar-refractivity contribution < 1.29 is 20.6 Å². The molecule has 0 fully saturated rings. The first-order valence-corrected chi connectivity index (χ1v) is 4.99. The topological polar surface area (TPSA) is 158 Å². The van der Waals surface area contributed by atoms with Crippen LogP contribution in [0.5, 0.6) is 0 Å². The minimum Gasteiger partial charge on any atom is -0.769 e. The van der Waals surface area contributed by atoms with Crippen LogP contribution in [0.25, 0.3) is 0 Å². The molecule has 10 heteroatoms. The van der Waals surface area contributed by atoms with E-state index in [0.717, 1.165) is 12.1 Å². The van der Waals surface area contributed by atoms with E-state index in [1.807, 2.05) is 0 Å². The molecule has 0 aromatic heterocycles. The SMILES string of the molecule is [O-]N([O-])c1ccc(NN=C(CO)CO)c(N(O)O)c1. The number of hydrogen-bond acceptors (Lipinski definition) is 10. The van der Waals surface area contributed by atoms with Crippen molar-refractivity contribution in [2.45, 2.75) is 0 Å². The summed E-state index contributed by atoms with van der Waals surface area (Å²) in [6.45, 7) is -0.985. The molecule has 1 aromatic rings. The van der Waals surface area contributed by atoms with Gasteiger partial charge in [0.05, 0.1) is 24.6 Å². The molecule has 10 nitrogen and oxygen atoms in total. The average molecular weight is 272 g/mol. The van der Waals surface area contributed by atoms with Gasteiger partial charge in [-0.2, -0.15) is 5.10 Å². The van der Waals surface area contributed by atoms with E-state index in [4.69, 9.17) is 20.6 Å². The third kappa shape index (κ3) is 4.03. The van der Waals surface area contributed by atoms with Gasteiger partial charge >= 0.3 is 0 Å². The lowest BCUT2D eigenvalue weighted by atomic mass is 10.2. The van der Waals surface area contributed by atoms with Gasteiger partial charge in [-0.1, -0.05) is 0 Å². The van der Waals surface area contributed by atoms with Gasteiger partial charge in [-0.25, -0.2) is 0 Å². The second kappa shape index (κ2) is 6.84. The van der Waals surface area contributed by atoms with Gasteiger partial charge in [-0.3, -0.25) is 15.8 Å². The quantitative estimate of drug-likeness (QED) is 0.350. The first-order chi connectivity index (χ1) is 8.99. The van der Waals surface area contributed by atoms with E-state index >= 15 is 0 Å². The third-order valence-electron chi connectivity index (χ3n) is 2.11. The molecule has 1 rings (SSSR count). The fourth-order valence-corrected chi connectivity index (χ4v) is 1.15. The van der Waals surface area contributed by atoms with E-state index in [1.165, 1.54) is 6.07 Å². The number of hydrogen-bond donors (Lipinski definition) is 5. The van der Waals surface area contributed by atoms with Gasteiger partial charge in [-0.15, -0.1) is 5.23 Å². The van der Waals surface area contributed by atoms with E-state index in [2.05, 4.69) is 10.5 Å². The molecule has 0 atom stereocenters. The third-order valence-corrected chi connectivity index (χ3v) is 2.11. The Kier molecular flexibility index (Phi) is 5.44. The standard InChI is InChI=1S/C9H12N4O6/c14-4-6(5-15)10-11-8-2-1-7(12(16)17)3-9(8)13(18)19/h1-3,11,14-15,18-19H,4-5H2/q-2.